The summed E-state index contributed by atoms with van der Waals surface area (Å²) in [7, 11) is 0. The van der Waals surface area contributed by atoms with Gasteiger partial charge in [0.15, 0.2) is 0 Å². The molecular weight excluding hydrogens is 160 g/mol. The molecule has 1 unspecified atom stereocenters. The molecule has 0 saturated heterocycles. The zero-order chi connectivity index (χ0) is 9.10. The second-order valence-corrected chi connectivity index (χ2v) is 3.13. The average molecular weight is 172 g/mol. The molecule has 1 N–H and O–H groups in total. The first-order valence-corrected chi connectivity index (χ1v) is 4.39. The van der Waals surface area contributed by atoms with E-state index >= 15 is 0 Å². The minimum atomic E-state index is 0.227. The number of hydrogen-bond donors (Lipinski definition) is 1. The summed E-state index contributed by atoms with van der Waals surface area (Å²) >= 11 is 0. The van der Waals surface area contributed by atoms with E-state index in [0.717, 1.165) is 5.71 Å². The van der Waals surface area contributed by atoms with Gasteiger partial charge in [0.25, 0.3) is 0 Å². The smallest absolute Gasteiger partial charge is 0.0874 e. The van der Waals surface area contributed by atoms with E-state index in [4.69, 9.17) is 0 Å². The van der Waals surface area contributed by atoms with E-state index in [1.807, 2.05) is 31.2 Å². The molecule has 0 bridgehead atoms. The minimum Gasteiger partial charge on any atom is -0.298 e. The van der Waals surface area contributed by atoms with Crippen molar-refractivity contribution in [3.8, 4) is 0 Å². The first-order chi connectivity index (χ1) is 6.36. The Morgan fingerprint density at radius 1 is 1.23 bits per heavy atom. The van der Waals surface area contributed by atoms with Crippen LogP contribution in [0.3, 0.4) is 0 Å². The summed E-state index contributed by atoms with van der Waals surface area (Å²) in [6, 6.07) is 10.5. The quantitative estimate of drug-likeness (QED) is 0.690. The fourth-order valence-electron chi connectivity index (χ4n) is 1.33. The van der Waals surface area contributed by atoms with Crippen molar-refractivity contribution in [1.82, 2.24) is 5.43 Å². The molecular formula is C11H12N2. The molecule has 0 aliphatic carbocycles. The summed E-state index contributed by atoms with van der Waals surface area (Å²) in [6.45, 7) is 1.98. The molecule has 2 rings (SSSR count). The SMILES string of the molecule is CC1=NNC(c2ccccc2)C=C1. The molecule has 2 nitrogen and oxygen atoms in total. The second-order valence-electron chi connectivity index (χ2n) is 3.13. The van der Waals surface area contributed by atoms with Gasteiger partial charge in [-0.3, -0.25) is 5.43 Å². The lowest BCUT2D eigenvalue weighted by Gasteiger charge is -2.16. The molecule has 1 aromatic rings. The molecule has 0 saturated carbocycles. The predicted molar refractivity (Wildman–Crippen MR) is 54.6 cm³/mol. The molecule has 0 fully saturated rings. The van der Waals surface area contributed by atoms with Gasteiger partial charge in [-0.05, 0) is 18.6 Å². The Balaban J connectivity index is 2.18. The van der Waals surface area contributed by atoms with Gasteiger partial charge in [0.1, 0.15) is 0 Å². The molecule has 1 aromatic carbocycles. The normalized spacial score (nSPS) is 20.7. The summed E-state index contributed by atoms with van der Waals surface area (Å²) in [5.74, 6) is 0. The Bertz CT molecular complexity index is 338. The fraction of sp³-hybridized carbons (Fsp3) is 0.182. The third-order valence-corrected chi connectivity index (χ3v) is 2.07. The van der Waals surface area contributed by atoms with Gasteiger partial charge in [-0.25, -0.2) is 0 Å². The van der Waals surface area contributed by atoms with Crippen molar-refractivity contribution in [3.05, 3.63) is 48.0 Å². The Hall–Kier alpha value is -1.57. The summed E-state index contributed by atoms with van der Waals surface area (Å²) in [5.41, 5.74) is 5.35. The van der Waals surface area contributed by atoms with Crippen LogP contribution >= 0.6 is 0 Å². The Labute approximate surface area is 78.0 Å². The topological polar surface area (TPSA) is 24.4 Å². The van der Waals surface area contributed by atoms with Gasteiger partial charge in [0.05, 0.1) is 11.8 Å². The van der Waals surface area contributed by atoms with E-state index in [0.29, 0.717) is 0 Å². The van der Waals surface area contributed by atoms with Gasteiger partial charge < -0.3 is 0 Å². The summed E-state index contributed by atoms with van der Waals surface area (Å²) in [4.78, 5) is 0. The predicted octanol–water partition coefficient (Wildman–Crippen LogP) is 2.26. The van der Waals surface area contributed by atoms with E-state index in [-0.39, 0.29) is 6.04 Å². The van der Waals surface area contributed by atoms with Crippen LogP contribution in [0.25, 0.3) is 0 Å². The minimum absolute atomic E-state index is 0.227. The fourth-order valence-corrected chi connectivity index (χ4v) is 1.33. The zero-order valence-corrected chi connectivity index (χ0v) is 7.57. The molecule has 1 heterocycles. The van der Waals surface area contributed by atoms with Crippen molar-refractivity contribution < 1.29 is 0 Å². The van der Waals surface area contributed by atoms with Gasteiger partial charge in [0.2, 0.25) is 0 Å². The number of hydrogen-bond acceptors (Lipinski definition) is 2. The first-order valence-electron chi connectivity index (χ1n) is 4.39. The third-order valence-electron chi connectivity index (χ3n) is 2.07. The van der Waals surface area contributed by atoms with Crippen LogP contribution in [-0.4, -0.2) is 5.71 Å². The number of allylic oxidation sites excluding steroid dienone is 1. The molecule has 1 aliphatic heterocycles. The molecule has 1 aliphatic rings. The van der Waals surface area contributed by atoms with Crippen molar-refractivity contribution in [1.29, 1.82) is 0 Å². The van der Waals surface area contributed by atoms with Crippen molar-refractivity contribution >= 4 is 5.71 Å². The van der Waals surface area contributed by atoms with Crippen molar-refractivity contribution in [2.75, 3.05) is 0 Å². The van der Waals surface area contributed by atoms with Gasteiger partial charge in [0, 0.05) is 0 Å². The highest BCUT2D eigenvalue weighted by molar-refractivity contribution is 5.93. The van der Waals surface area contributed by atoms with E-state index in [2.05, 4.69) is 28.7 Å². The standard InChI is InChI=1S/C11H12N2/c1-9-7-8-11(13-12-9)10-5-3-2-4-6-10/h2-8,11,13H,1H3. The van der Waals surface area contributed by atoms with Gasteiger partial charge in [-0.1, -0.05) is 36.4 Å². The van der Waals surface area contributed by atoms with Gasteiger partial charge in [-0.2, -0.15) is 5.10 Å². The second kappa shape index (κ2) is 3.44. The van der Waals surface area contributed by atoms with Crippen LogP contribution in [0, 0.1) is 0 Å². The van der Waals surface area contributed by atoms with Crippen molar-refractivity contribution in [2.45, 2.75) is 13.0 Å². The van der Waals surface area contributed by atoms with E-state index in [1.54, 1.807) is 0 Å². The molecule has 0 spiro atoms. The molecule has 0 aromatic heterocycles. The lowest BCUT2D eigenvalue weighted by Crippen LogP contribution is -2.18. The summed E-state index contributed by atoms with van der Waals surface area (Å²) in [6.07, 6.45) is 4.16. The number of nitrogens with zero attached hydrogens (tertiary/aromatic N) is 1. The monoisotopic (exact) mass is 172 g/mol. The van der Waals surface area contributed by atoms with Crippen LogP contribution in [0.4, 0.5) is 0 Å². The Kier molecular flexibility index (Phi) is 2.13. The highest BCUT2D eigenvalue weighted by atomic mass is 15.3. The number of rotatable bonds is 1. The van der Waals surface area contributed by atoms with Crippen LogP contribution in [-0.2, 0) is 0 Å². The van der Waals surface area contributed by atoms with Crippen molar-refractivity contribution in [3.63, 3.8) is 0 Å². The molecule has 66 valence electrons. The first kappa shape index (κ1) is 8.05. The van der Waals surface area contributed by atoms with Crippen molar-refractivity contribution in [2.24, 2.45) is 5.10 Å². The third kappa shape index (κ3) is 1.78. The average Bonchev–Trinajstić information content (AvgIpc) is 2.20. The number of hydrazone groups is 1. The van der Waals surface area contributed by atoms with Crippen LogP contribution < -0.4 is 5.43 Å². The molecule has 0 radical (unpaired) electrons. The van der Waals surface area contributed by atoms with Crippen LogP contribution in [0.2, 0.25) is 0 Å². The lowest BCUT2D eigenvalue weighted by atomic mass is 10.1. The summed E-state index contributed by atoms with van der Waals surface area (Å²) < 4.78 is 0. The number of benzene rings is 1. The maximum atomic E-state index is 4.17. The molecule has 2 heteroatoms. The molecule has 13 heavy (non-hydrogen) atoms. The van der Waals surface area contributed by atoms with Crippen LogP contribution in [0.15, 0.2) is 47.6 Å². The zero-order valence-electron chi connectivity index (χ0n) is 7.57. The Morgan fingerprint density at radius 2 is 2.00 bits per heavy atom. The maximum absolute atomic E-state index is 4.17. The largest absolute Gasteiger partial charge is 0.298 e. The van der Waals surface area contributed by atoms with Crippen LogP contribution in [0.5, 0.6) is 0 Å². The Morgan fingerprint density at radius 3 is 2.62 bits per heavy atom. The maximum Gasteiger partial charge on any atom is 0.0874 e. The summed E-state index contributed by atoms with van der Waals surface area (Å²) in [5, 5.41) is 4.17. The van der Waals surface area contributed by atoms with E-state index < -0.39 is 0 Å². The molecule has 0 amide bonds. The number of nitrogens with one attached hydrogen (secondary N) is 1. The van der Waals surface area contributed by atoms with Gasteiger partial charge in [-0.15, -0.1) is 0 Å². The van der Waals surface area contributed by atoms with E-state index in [1.165, 1.54) is 5.56 Å². The van der Waals surface area contributed by atoms with Gasteiger partial charge >= 0.3 is 0 Å². The highest BCUT2D eigenvalue weighted by Gasteiger charge is 2.08. The lowest BCUT2D eigenvalue weighted by molar-refractivity contribution is 0.651. The van der Waals surface area contributed by atoms with E-state index in [9.17, 15) is 0 Å². The molecule has 1 atom stereocenters. The van der Waals surface area contributed by atoms with Crippen LogP contribution in [0.1, 0.15) is 18.5 Å². The highest BCUT2D eigenvalue weighted by Crippen LogP contribution is 2.15.